The highest BCUT2D eigenvalue weighted by molar-refractivity contribution is 5.22. The van der Waals surface area contributed by atoms with Gasteiger partial charge in [-0.25, -0.2) is 0 Å². The molecule has 1 aromatic carbocycles. The normalized spacial score (nSPS) is 22.5. The zero-order chi connectivity index (χ0) is 14.5. The summed E-state index contributed by atoms with van der Waals surface area (Å²) in [6, 6.07) is 9.66. The Morgan fingerprint density at radius 2 is 1.48 bits per heavy atom. The Labute approximate surface area is 129 Å². The molecule has 21 heavy (non-hydrogen) atoms. The predicted octanol–water partition coefficient (Wildman–Crippen LogP) is 2.60. The van der Waals surface area contributed by atoms with Gasteiger partial charge < -0.3 is 5.73 Å². The fraction of sp³-hybridized carbons (Fsp3) is 0.667. The van der Waals surface area contributed by atoms with Crippen molar-refractivity contribution >= 4 is 0 Å². The van der Waals surface area contributed by atoms with Gasteiger partial charge in [-0.05, 0) is 24.0 Å². The minimum atomic E-state index is 0.639. The SMILES string of the molecule is NCc1ccc(CN2CCN(C3CCCCC3)CC2)cc1. The van der Waals surface area contributed by atoms with Crippen molar-refractivity contribution in [3.63, 3.8) is 0 Å². The van der Waals surface area contributed by atoms with Gasteiger partial charge >= 0.3 is 0 Å². The maximum absolute atomic E-state index is 5.65. The summed E-state index contributed by atoms with van der Waals surface area (Å²) in [5, 5.41) is 0. The van der Waals surface area contributed by atoms with E-state index >= 15 is 0 Å². The molecule has 0 unspecified atom stereocenters. The van der Waals surface area contributed by atoms with Crippen LogP contribution < -0.4 is 5.73 Å². The molecule has 1 saturated carbocycles. The summed E-state index contributed by atoms with van der Waals surface area (Å²) in [5.74, 6) is 0. The second kappa shape index (κ2) is 7.39. The molecule has 1 heterocycles. The third-order valence-electron chi connectivity index (χ3n) is 5.16. The molecule has 3 nitrogen and oxygen atoms in total. The highest BCUT2D eigenvalue weighted by Crippen LogP contribution is 2.23. The predicted molar refractivity (Wildman–Crippen MR) is 88.1 cm³/mol. The Morgan fingerprint density at radius 1 is 0.857 bits per heavy atom. The first-order valence-corrected chi connectivity index (χ1v) is 8.59. The quantitative estimate of drug-likeness (QED) is 0.924. The lowest BCUT2D eigenvalue weighted by Gasteiger charge is -2.40. The second-order valence-corrected chi connectivity index (χ2v) is 6.62. The third kappa shape index (κ3) is 4.06. The Kier molecular flexibility index (Phi) is 5.28. The Bertz CT molecular complexity index is 415. The van der Waals surface area contributed by atoms with Gasteiger partial charge in [0.25, 0.3) is 0 Å². The molecule has 0 aromatic heterocycles. The number of nitrogens with two attached hydrogens (primary N) is 1. The first-order valence-electron chi connectivity index (χ1n) is 8.59. The summed E-state index contributed by atoms with van der Waals surface area (Å²) in [5.41, 5.74) is 8.29. The van der Waals surface area contributed by atoms with Crippen LogP contribution in [0.4, 0.5) is 0 Å². The van der Waals surface area contributed by atoms with E-state index in [1.807, 2.05) is 0 Å². The van der Waals surface area contributed by atoms with Crippen molar-refractivity contribution < 1.29 is 0 Å². The number of hydrogen-bond donors (Lipinski definition) is 1. The summed E-state index contributed by atoms with van der Waals surface area (Å²) >= 11 is 0. The third-order valence-corrected chi connectivity index (χ3v) is 5.16. The van der Waals surface area contributed by atoms with Crippen molar-refractivity contribution in [2.24, 2.45) is 5.73 Å². The zero-order valence-electron chi connectivity index (χ0n) is 13.1. The second-order valence-electron chi connectivity index (χ2n) is 6.62. The molecule has 1 aliphatic carbocycles. The molecule has 1 saturated heterocycles. The molecule has 2 N–H and O–H groups in total. The Hall–Kier alpha value is -0.900. The van der Waals surface area contributed by atoms with E-state index in [0.29, 0.717) is 6.54 Å². The first-order chi connectivity index (χ1) is 10.3. The number of benzene rings is 1. The highest BCUT2D eigenvalue weighted by Gasteiger charge is 2.24. The van der Waals surface area contributed by atoms with Crippen LogP contribution in [0.3, 0.4) is 0 Å². The van der Waals surface area contributed by atoms with Gasteiger partial charge in [-0.2, -0.15) is 0 Å². The van der Waals surface area contributed by atoms with E-state index in [1.54, 1.807) is 0 Å². The van der Waals surface area contributed by atoms with E-state index in [1.165, 1.54) is 69.4 Å². The van der Waals surface area contributed by atoms with Crippen molar-refractivity contribution in [3.05, 3.63) is 35.4 Å². The van der Waals surface area contributed by atoms with E-state index in [2.05, 4.69) is 34.1 Å². The Balaban J connectivity index is 1.46. The van der Waals surface area contributed by atoms with Crippen LogP contribution in [0.5, 0.6) is 0 Å². The topological polar surface area (TPSA) is 32.5 Å². The lowest BCUT2D eigenvalue weighted by molar-refractivity contribution is 0.0755. The molecule has 3 rings (SSSR count). The zero-order valence-corrected chi connectivity index (χ0v) is 13.1. The van der Waals surface area contributed by atoms with Crippen LogP contribution in [0.2, 0.25) is 0 Å². The van der Waals surface area contributed by atoms with Gasteiger partial charge in [0.05, 0.1) is 0 Å². The van der Waals surface area contributed by atoms with E-state index in [9.17, 15) is 0 Å². The molecular weight excluding hydrogens is 258 g/mol. The van der Waals surface area contributed by atoms with Crippen molar-refractivity contribution in [2.75, 3.05) is 26.2 Å². The molecule has 1 aliphatic heterocycles. The fourth-order valence-electron chi connectivity index (χ4n) is 3.77. The van der Waals surface area contributed by atoms with Gasteiger partial charge in [-0.1, -0.05) is 43.5 Å². The maximum atomic E-state index is 5.65. The average molecular weight is 287 g/mol. The minimum Gasteiger partial charge on any atom is -0.326 e. The van der Waals surface area contributed by atoms with Gasteiger partial charge in [-0.3, -0.25) is 9.80 Å². The monoisotopic (exact) mass is 287 g/mol. The van der Waals surface area contributed by atoms with Gasteiger partial charge in [0.15, 0.2) is 0 Å². The van der Waals surface area contributed by atoms with Crippen molar-refractivity contribution in [2.45, 2.75) is 51.2 Å². The summed E-state index contributed by atoms with van der Waals surface area (Å²) in [6.45, 7) is 6.67. The van der Waals surface area contributed by atoms with Crippen LogP contribution in [0.1, 0.15) is 43.2 Å². The highest BCUT2D eigenvalue weighted by atomic mass is 15.3. The van der Waals surface area contributed by atoms with Gasteiger partial charge in [0, 0.05) is 45.3 Å². The number of rotatable bonds is 4. The van der Waals surface area contributed by atoms with Crippen LogP contribution in [-0.4, -0.2) is 42.0 Å². The Morgan fingerprint density at radius 3 is 2.10 bits per heavy atom. The first kappa shape index (κ1) is 15.0. The number of hydrogen-bond acceptors (Lipinski definition) is 3. The van der Waals surface area contributed by atoms with Crippen LogP contribution in [0.25, 0.3) is 0 Å². The molecule has 0 radical (unpaired) electrons. The van der Waals surface area contributed by atoms with Crippen LogP contribution in [-0.2, 0) is 13.1 Å². The summed E-state index contributed by atoms with van der Waals surface area (Å²) in [7, 11) is 0. The largest absolute Gasteiger partial charge is 0.326 e. The summed E-state index contributed by atoms with van der Waals surface area (Å²) < 4.78 is 0. The molecule has 0 atom stereocenters. The van der Waals surface area contributed by atoms with Gasteiger partial charge in [0.1, 0.15) is 0 Å². The number of piperazine rings is 1. The number of nitrogens with zero attached hydrogens (tertiary/aromatic N) is 2. The lowest BCUT2D eigenvalue weighted by atomic mass is 9.94. The molecule has 2 aliphatic rings. The van der Waals surface area contributed by atoms with E-state index in [0.717, 1.165) is 12.6 Å². The molecule has 0 spiro atoms. The van der Waals surface area contributed by atoms with Crippen LogP contribution in [0, 0.1) is 0 Å². The standard InChI is InChI=1S/C18H29N3/c19-14-16-6-8-17(9-7-16)15-20-10-12-21(13-11-20)18-4-2-1-3-5-18/h6-9,18H,1-5,10-15,19H2. The molecule has 3 heteroatoms. The summed E-state index contributed by atoms with van der Waals surface area (Å²) in [4.78, 5) is 5.34. The van der Waals surface area contributed by atoms with E-state index < -0.39 is 0 Å². The smallest absolute Gasteiger partial charge is 0.0234 e. The van der Waals surface area contributed by atoms with Crippen LogP contribution in [0.15, 0.2) is 24.3 Å². The lowest BCUT2D eigenvalue weighted by Crippen LogP contribution is -2.50. The van der Waals surface area contributed by atoms with E-state index in [4.69, 9.17) is 5.73 Å². The van der Waals surface area contributed by atoms with Crippen LogP contribution >= 0.6 is 0 Å². The maximum Gasteiger partial charge on any atom is 0.0234 e. The molecular formula is C18H29N3. The fourth-order valence-corrected chi connectivity index (χ4v) is 3.77. The van der Waals surface area contributed by atoms with Crippen molar-refractivity contribution in [1.82, 2.24) is 9.80 Å². The molecule has 2 fully saturated rings. The summed E-state index contributed by atoms with van der Waals surface area (Å²) in [6.07, 6.45) is 7.20. The van der Waals surface area contributed by atoms with Crippen molar-refractivity contribution in [3.8, 4) is 0 Å². The molecule has 0 amide bonds. The average Bonchev–Trinajstić information content (AvgIpc) is 2.57. The molecule has 1 aromatic rings. The van der Waals surface area contributed by atoms with Gasteiger partial charge in [0.2, 0.25) is 0 Å². The van der Waals surface area contributed by atoms with E-state index in [-0.39, 0.29) is 0 Å². The van der Waals surface area contributed by atoms with Crippen molar-refractivity contribution in [1.29, 1.82) is 0 Å². The molecule has 0 bridgehead atoms. The van der Waals surface area contributed by atoms with Gasteiger partial charge in [-0.15, -0.1) is 0 Å². The minimum absolute atomic E-state index is 0.639. The molecule has 116 valence electrons.